The largest absolute Gasteiger partial charge is 0.310 e. The minimum absolute atomic E-state index is 0.105. The maximum absolute atomic E-state index is 2.48. The van der Waals surface area contributed by atoms with E-state index in [4.69, 9.17) is 0 Å². The fraction of sp³-hybridized carbons (Fsp3) is 0.107. The fourth-order valence-corrected chi connectivity index (χ4v) is 10.1. The number of benzene rings is 9. The van der Waals surface area contributed by atoms with Crippen LogP contribution in [0.5, 0.6) is 0 Å². The van der Waals surface area contributed by atoms with E-state index in [0.717, 1.165) is 17.1 Å². The van der Waals surface area contributed by atoms with Gasteiger partial charge >= 0.3 is 0 Å². The minimum Gasteiger partial charge on any atom is -0.310 e. The SMILES string of the molecule is CC1(C)c2ccccc2-c2ccc(N(c3ccc(-c4ccccc4)cc3)c3ccc4c(c3)-c3cc(-c5ccc6ccccc6c5)c5ccccc5c3C4(C)C)cc21. The number of rotatable bonds is 5. The first-order chi connectivity index (χ1) is 27.8. The Morgan fingerprint density at radius 3 is 1.74 bits per heavy atom. The molecule has 0 aliphatic heterocycles. The molecular formula is C56H43N. The van der Waals surface area contributed by atoms with Gasteiger partial charge in [0.2, 0.25) is 0 Å². The van der Waals surface area contributed by atoms with Crippen molar-refractivity contribution in [2.24, 2.45) is 0 Å². The summed E-state index contributed by atoms with van der Waals surface area (Å²) < 4.78 is 0. The predicted molar refractivity (Wildman–Crippen MR) is 242 cm³/mol. The molecule has 0 amide bonds. The summed E-state index contributed by atoms with van der Waals surface area (Å²) in [7, 11) is 0. The average molecular weight is 730 g/mol. The average Bonchev–Trinajstić information content (AvgIpc) is 3.62. The molecule has 0 saturated heterocycles. The van der Waals surface area contributed by atoms with Gasteiger partial charge in [-0.25, -0.2) is 0 Å². The van der Waals surface area contributed by atoms with E-state index in [1.165, 1.54) is 88.3 Å². The second kappa shape index (κ2) is 12.4. The van der Waals surface area contributed by atoms with Crippen LogP contribution in [0.3, 0.4) is 0 Å². The van der Waals surface area contributed by atoms with Gasteiger partial charge in [-0.05, 0) is 137 Å². The Labute approximate surface area is 335 Å². The summed E-state index contributed by atoms with van der Waals surface area (Å²) in [6.07, 6.45) is 0. The first kappa shape index (κ1) is 33.6. The lowest BCUT2D eigenvalue weighted by atomic mass is 9.79. The van der Waals surface area contributed by atoms with E-state index in [2.05, 4.69) is 221 Å². The summed E-state index contributed by atoms with van der Waals surface area (Å²) in [5.41, 5.74) is 19.0. The van der Waals surface area contributed by atoms with Crippen LogP contribution < -0.4 is 4.90 Å². The Balaban J connectivity index is 1.11. The van der Waals surface area contributed by atoms with Crippen molar-refractivity contribution in [2.75, 3.05) is 4.90 Å². The highest BCUT2D eigenvalue weighted by Crippen LogP contribution is 2.55. The Hall–Kier alpha value is -6.70. The van der Waals surface area contributed by atoms with Crippen molar-refractivity contribution in [2.45, 2.75) is 38.5 Å². The zero-order valence-corrected chi connectivity index (χ0v) is 32.8. The van der Waals surface area contributed by atoms with Crippen LogP contribution in [0.15, 0.2) is 188 Å². The van der Waals surface area contributed by atoms with Crippen LogP contribution in [0.2, 0.25) is 0 Å². The van der Waals surface area contributed by atoms with Gasteiger partial charge in [0, 0.05) is 27.9 Å². The molecule has 0 radical (unpaired) electrons. The fourth-order valence-electron chi connectivity index (χ4n) is 10.1. The van der Waals surface area contributed by atoms with Crippen LogP contribution in [0.25, 0.3) is 66.1 Å². The second-order valence-electron chi connectivity index (χ2n) is 17.0. The van der Waals surface area contributed by atoms with E-state index in [1.54, 1.807) is 0 Å². The summed E-state index contributed by atoms with van der Waals surface area (Å²) in [5.74, 6) is 0. The van der Waals surface area contributed by atoms with E-state index >= 15 is 0 Å². The maximum Gasteiger partial charge on any atom is 0.0468 e. The molecule has 9 aromatic rings. The molecule has 0 heterocycles. The van der Waals surface area contributed by atoms with E-state index in [0.29, 0.717) is 0 Å². The van der Waals surface area contributed by atoms with Gasteiger partial charge in [0.25, 0.3) is 0 Å². The Kier molecular flexibility index (Phi) is 7.32. The van der Waals surface area contributed by atoms with Crippen LogP contribution >= 0.6 is 0 Å². The van der Waals surface area contributed by atoms with Gasteiger partial charge in [-0.2, -0.15) is 0 Å². The van der Waals surface area contributed by atoms with Gasteiger partial charge in [0.1, 0.15) is 0 Å². The molecule has 9 aromatic carbocycles. The predicted octanol–water partition coefficient (Wildman–Crippen LogP) is 15.4. The van der Waals surface area contributed by atoms with Crippen LogP contribution in [-0.2, 0) is 10.8 Å². The topological polar surface area (TPSA) is 3.24 Å². The van der Waals surface area contributed by atoms with E-state index in [1.807, 2.05) is 0 Å². The van der Waals surface area contributed by atoms with E-state index in [-0.39, 0.29) is 10.8 Å². The molecule has 272 valence electrons. The number of anilines is 3. The van der Waals surface area contributed by atoms with Crippen molar-refractivity contribution in [3.8, 4) is 44.5 Å². The molecule has 0 bridgehead atoms. The Bertz CT molecular complexity index is 3060. The molecular weight excluding hydrogens is 687 g/mol. The van der Waals surface area contributed by atoms with Crippen molar-refractivity contribution >= 4 is 38.6 Å². The minimum atomic E-state index is -0.170. The van der Waals surface area contributed by atoms with Gasteiger partial charge in [-0.1, -0.05) is 167 Å². The monoisotopic (exact) mass is 729 g/mol. The standard InChI is InChI=1S/C56H43N/c1-55(2)51-21-13-12-19-45(51)46-30-28-43(34-53(46)55)57(41-26-24-38(25-27-41)36-14-6-5-7-15-36)42-29-31-52-49(33-42)50-35-48(40-23-22-37-16-8-9-17-39(37)32-40)44-18-10-11-20-47(44)54(50)56(52,3)4/h5-35H,1-4H3. The Morgan fingerprint density at radius 1 is 0.316 bits per heavy atom. The van der Waals surface area contributed by atoms with Crippen molar-refractivity contribution in [1.29, 1.82) is 0 Å². The molecule has 0 N–H and O–H groups in total. The van der Waals surface area contributed by atoms with Gasteiger partial charge in [0.05, 0.1) is 0 Å². The number of hydrogen-bond donors (Lipinski definition) is 0. The summed E-state index contributed by atoms with van der Waals surface area (Å²) in [6.45, 7) is 9.54. The second-order valence-corrected chi connectivity index (χ2v) is 17.0. The molecule has 0 unspecified atom stereocenters. The molecule has 1 nitrogen and oxygen atoms in total. The highest BCUT2D eigenvalue weighted by molar-refractivity contribution is 6.07. The number of nitrogens with zero attached hydrogens (tertiary/aromatic N) is 1. The molecule has 2 aliphatic carbocycles. The molecule has 2 aliphatic rings. The first-order valence-electron chi connectivity index (χ1n) is 20.2. The normalized spacial score (nSPS) is 14.2. The third-order valence-corrected chi connectivity index (χ3v) is 13.0. The van der Waals surface area contributed by atoms with Gasteiger partial charge < -0.3 is 4.90 Å². The molecule has 0 fully saturated rings. The molecule has 0 saturated carbocycles. The summed E-state index contributed by atoms with van der Waals surface area (Å²) in [4.78, 5) is 2.46. The van der Waals surface area contributed by atoms with Gasteiger partial charge in [0.15, 0.2) is 0 Å². The maximum atomic E-state index is 2.48. The lowest BCUT2D eigenvalue weighted by Gasteiger charge is -2.29. The van der Waals surface area contributed by atoms with Crippen molar-refractivity contribution < 1.29 is 0 Å². The van der Waals surface area contributed by atoms with Crippen LogP contribution in [0, 0.1) is 0 Å². The quantitative estimate of drug-likeness (QED) is 0.170. The third-order valence-electron chi connectivity index (χ3n) is 13.0. The summed E-state index contributed by atoms with van der Waals surface area (Å²) in [6, 6.07) is 70.1. The van der Waals surface area contributed by atoms with Gasteiger partial charge in [-0.3, -0.25) is 0 Å². The molecule has 57 heavy (non-hydrogen) atoms. The smallest absolute Gasteiger partial charge is 0.0468 e. The molecule has 0 aromatic heterocycles. The van der Waals surface area contributed by atoms with Crippen LogP contribution in [-0.4, -0.2) is 0 Å². The lowest BCUT2D eigenvalue weighted by molar-refractivity contribution is 0.660. The van der Waals surface area contributed by atoms with Gasteiger partial charge in [-0.15, -0.1) is 0 Å². The van der Waals surface area contributed by atoms with E-state index < -0.39 is 0 Å². The lowest BCUT2D eigenvalue weighted by Crippen LogP contribution is -2.17. The van der Waals surface area contributed by atoms with Crippen molar-refractivity contribution in [3.05, 3.63) is 210 Å². The molecule has 1 heteroatoms. The summed E-state index contributed by atoms with van der Waals surface area (Å²) >= 11 is 0. The number of fused-ring (bicyclic) bond motifs is 9. The van der Waals surface area contributed by atoms with E-state index in [9.17, 15) is 0 Å². The highest BCUT2D eigenvalue weighted by atomic mass is 15.1. The van der Waals surface area contributed by atoms with Crippen LogP contribution in [0.1, 0.15) is 49.9 Å². The van der Waals surface area contributed by atoms with Crippen molar-refractivity contribution in [1.82, 2.24) is 0 Å². The number of hydrogen-bond acceptors (Lipinski definition) is 1. The Morgan fingerprint density at radius 2 is 0.912 bits per heavy atom. The zero-order valence-electron chi connectivity index (χ0n) is 32.8. The van der Waals surface area contributed by atoms with Crippen molar-refractivity contribution in [3.63, 3.8) is 0 Å². The summed E-state index contributed by atoms with van der Waals surface area (Å²) in [5, 5.41) is 5.15. The molecule has 11 rings (SSSR count). The molecule has 0 atom stereocenters. The highest BCUT2D eigenvalue weighted by Gasteiger charge is 2.39. The van der Waals surface area contributed by atoms with Crippen LogP contribution in [0.4, 0.5) is 17.1 Å². The zero-order chi connectivity index (χ0) is 38.5. The first-order valence-corrected chi connectivity index (χ1v) is 20.2. The third kappa shape index (κ3) is 5.08. The molecule has 0 spiro atoms.